The summed E-state index contributed by atoms with van der Waals surface area (Å²) in [4.78, 5) is 25.7. The predicted octanol–water partition coefficient (Wildman–Crippen LogP) is 4.43. The molecule has 0 aliphatic heterocycles. The molecule has 0 heterocycles. The number of carbonyl (C=O) groups is 2. The van der Waals surface area contributed by atoms with Crippen molar-refractivity contribution in [1.82, 2.24) is 0 Å². The Hall–Kier alpha value is -2.53. The van der Waals surface area contributed by atoms with Crippen molar-refractivity contribution < 1.29 is 14.3 Å². The van der Waals surface area contributed by atoms with Gasteiger partial charge in [-0.1, -0.05) is 17.7 Å². The van der Waals surface area contributed by atoms with Crippen LogP contribution in [-0.4, -0.2) is 25.0 Å². The predicted molar refractivity (Wildman–Crippen MR) is 105 cm³/mol. The maximum Gasteiger partial charge on any atom is 0.226 e. The molecule has 0 unspecified atom stereocenters. The number of ether oxygens (including phenoxy) is 1. The zero-order chi connectivity index (χ0) is 19.1. The summed E-state index contributed by atoms with van der Waals surface area (Å²) in [5.74, 6) is 0.441. The lowest BCUT2D eigenvalue weighted by molar-refractivity contribution is -0.117. The maximum atomic E-state index is 12.2. The molecule has 0 spiro atoms. The standard InChI is InChI=1S/C20H23ClN2O3/c1-4-26-18-9-7-17(8-10-18)23(15(3)24)12-11-20(25)22-16-6-5-14(2)19(21)13-16/h5-10,13H,4,11-12H2,1-3H3,(H,22,25). The van der Waals surface area contributed by atoms with E-state index in [9.17, 15) is 9.59 Å². The summed E-state index contributed by atoms with van der Waals surface area (Å²) in [6.07, 6.45) is 0.179. The number of aryl methyl sites for hydroxylation is 1. The van der Waals surface area contributed by atoms with E-state index < -0.39 is 0 Å². The number of carbonyl (C=O) groups excluding carboxylic acids is 2. The van der Waals surface area contributed by atoms with E-state index in [-0.39, 0.29) is 24.8 Å². The van der Waals surface area contributed by atoms with Gasteiger partial charge in [-0.15, -0.1) is 0 Å². The van der Waals surface area contributed by atoms with Crippen molar-refractivity contribution in [3.8, 4) is 5.75 Å². The largest absolute Gasteiger partial charge is 0.494 e. The first-order chi connectivity index (χ1) is 12.4. The number of nitrogens with zero attached hydrogens (tertiary/aromatic N) is 1. The van der Waals surface area contributed by atoms with Crippen LogP contribution in [0.15, 0.2) is 42.5 Å². The molecule has 2 rings (SSSR count). The van der Waals surface area contributed by atoms with Crippen molar-refractivity contribution in [2.45, 2.75) is 27.2 Å². The van der Waals surface area contributed by atoms with Gasteiger partial charge in [0, 0.05) is 36.3 Å². The molecule has 0 atom stereocenters. The monoisotopic (exact) mass is 374 g/mol. The van der Waals surface area contributed by atoms with Crippen LogP contribution in [0.4, 0.5) is 11.4 Å². The van der Waals surface area contributed by atoms with Gasteiger partial charge in [0.25, 0.3) is 0 Å². The summed E-state index contributed by atoms with van der Waals surface area (Å²) >= 11 is 6.07. The van der Waals surface area contributed by atoms with Gasteiger partial charge in [-0.3, -0.25) is 9.59 Å². The summed E-state index contributed by atoms with van der Waals surface area (Å²) in [5.41, 5.74) is 2.32. The zero-order valence-electron chi connectivity index (χ0n) is 15.2. The molecule has 0 aliphatic rings. The summed E-state index contributed by atoms with van der Waals surface area (Å²) in [6, 6.07) is 12.6. The van der Waals surface area contributed by atoms with Gasteiger partial charge in [-0.05, 0) is 55.8 Å². The molecule has 6 heteroatoms. The molecule has 0 saturated carbocycles. The van der Waals surface area contributed by atoms with Crippen molar-refractivity contribution in [3.63, 3.8) is 0 Å². The molecule has 5 nitrogen and oxygen atoms in total. The van der Waals surface area contributed by atoms with E-state index in [2.05, 4.69) is 5.32 Å². The van der Waals surface area contributed by atoms with E-state index in [4.69, 9.17) is 16.3 Å². The number of anilines is 2. The fourth-order valence-corrected chi connectivity index (χ4v) is 2.65. The van der Waals surface area contributed by atoms with E-state index in [0.717, 1.165) is 17.0 Å². The minimum atomic E-state index is -0.179. The van der Waals surface area contributed by atoms with Gasteiger partial charge < -0.3 is 15.0 Å². The Morgan fingerprint density at radius 2 is 1.85 bits per heavy atom. The van der Waals surface area contributed by atoms with Crippen molar-refractivity contribution in [3.05, 3.63) is 53.1 Å². The number of halogens is 1. The number of benzene rings is 2. The van der Waals surface area contributed by atoms with Gasteiger partial charge in [0.15, 0.2) is 0 Å². The molecule has 0 saturated heterocycles. The second-order valence-corrected chi connectivity index (χ2v) is 6.27. The molecule has 0 aromatic heterocycles. The summed E-state index contributed by atoms with van der Waals surface area (Å²) in [6.45, 7) is 6.16. The lowest BCUT2D eigenvalue weighted by atomic mass is 10.2. The highest BCUT2D eigenvalue weighted by molar-refractivity contribution is 6.31. The molecule has 138 valence electrons. The number of nitrogens with one attached hydrogen (secondary N) is 1. The van der Waals surface area contributed by atoms with Crippen LogP contribution in [0.25, 0.3) is 0 Å². The van der Waals surface area contributed by atoms with Crippen molar-refractivity contribution >= 4 is 34.8 Å². The SMILES string of the molecule is CCOc1ccc(N(CCC(=O)Nc2ccc(C)c(Cl)c2)C(C)=O)cc1. The number of hydrogen-bond donors (Lipinski definition) is 1. The van der Waals surface area contributed by atoms with E-state index in [1.54, 1.807) is 17.0 Å². The van der Waals surface area contributed by atoms with Gasteiger partial charge in [-0.25, -0.2) is 0 Å². The van der Waals surface area contributed by atoms with E-state index in [1.165, 1.54) is 6.92 Å². The van der Waals surface area contributed by atoms with Gasteiger partial charge in [0.1, 0.15) is 5.75 Å². The normalized spacial score (nSPS) is 10.3. The molecular formula is C20H23ClN2O3. The van der Waals surface area contributed by atoms with Crippen molar-refractivity contribution in [1.29, 1.82) is 0 Å². The van der Waals surface area contributed by atoms with Gasteiger partial charge >= 0.3 is 0 Å². The third-order valence-electron chi connectivity index (χ3n) is 3.86. The number of hydrogen-bond acceptors (Lipinski definition) is 3. The lowest BCUT2D eigenvalue weighted by Crippen LogP contribution is -2.31. The van der Waals surface area contributed by atoms with Crippen LogP contribution in [-0.2, 0) is 9.59 Å². The highest BCUT2D eigenvalue weighted by Crippen LogP contribution is 2.21. The molecule has 0 aliphatic carbocycles. The first kappa shape index (κ1) is 19.8. The Kier molecular flexibility index (Phi) is 7.04. The Balaban J connectivity index is 1.98. The molecule has 0 bridgehead atoms. The highest BCUT2D eigenvalue weighted by Gasteiger charge is 2.14. The molecule has 2 aromatic rings. The Bertz CT molecular complexity index is 775. The van der Waals surface area contributed by atoms with Crippen LogP contribution in [0.3, 0.4) is 0 Å². The Morgan fingerprint density at radius 1 is 1.15 bits per heavy atom. The third kappa shape index (κ3) is 5.49. The quantitative estimate of drug-likeness (QED) is 0.779. The molecule has 1 N–H and O–H groups in total. The third-order valence-corrected chi connectivity index (χ3v) is 4.26. The summed E-state index contributed by atoms with van der Waals surface area (Å²) < 4.78 is 5.41. The minimum Gasteiger partial charge on any atom is -0.494 e. The first-order valence-corrected chi connectivity index (χ1v) is 8.85. The maximum absolute atomic E-state index is 12.2. The molecule has 26 heavy (non-hydrogen) atoms. The number of rotatable bonds is 7. The van der Waals surface area contributed by atoms with Crippen LogP contribution >= 0.6 is 11.6 Å². The van der Waals surface area contributed by atoms with E-state index in [1.807, 2.05) is 44.2 Å². The van der Waals surface area contributed by atoms with Crippen LogP contribution in [0, 0.1) is 6.92 Å². The highest BCUT2D eigenvalue weighted by atomic mass is 35.5. The van der Waals surface area contributed by atoms with Crippen LogP contribution in [0.5, 0.6) is 5.75 Å². The molecule has 0 radical (unpaired) electrons. The summed E-state index contributed by atoms with van der Waals surface area (Å²) in [7, 11) is 0. The van der Waals surface area contributed by atoms with Crippen LogP contribution < -0.4 is 15.0 Å². The number of amides is 2. The van der Waals surface area contributed by atoms with Crippen molar-refractivity contribution in [2.75, 3.05) is 23.4 Å². The van der Waals surface area contributed by atoms with Gasteiger partial charge in [-0.2, -0.15) is 0 Å². The van der Waals surface area contributed by atoms with E-state index in [0.29, 0.717) is 17.3 Å². The second-order valence-electron chi connectivity index (χ2n) is 5.86. The molecule has 0 fully saturated rings. The van der Waals surface area contributed by atoms with Crippen molar-refractivity contribution in [2.24, 2.45) is 0 Å². The van der Waals surface area contributed by atoms with Crippen LogP contribution in [0.2, 0.25) is 5.02 Å². The first-order valence-electron chi connectivity index (χ1n) is 8.47. The van der Waals surface area contributed by atoms with Gasteiger partial charge in [0.2, 0.25) is 11.8 Å². The fourth-order valence-electron chi connectivity index (χ4n) is 2.46. The smallest absolute Gasteiger partial charge is 0.226 e. The lowest BCUT2D eigenvalue weighted by Gasteiger charge is -2.21. The molecule has 2 aromatic carbocycles. The Labute approximate surface area is 158 Å². The molecular weight excluding hydrogens is 352 g/mol. The Morgan fingerprint density at radius 3 is 2.42 bits per heavy atom. The topological polar surface area (TPSA) is 58.6 Å². The zero-order valence-corrected chi connectivity index (χ0v) is 16.0. The molecule has 2 amide bonds. The average molecular weight is 375 g/mol. The second kappa shape index (κ2) is 9.25. The minimum absolute atomic E-state index is 0.125. The summed E-state index contributed by atoms with van der Waals surface area (Å²) in [5, 5.41) is 3.40. The van der Waals surface area contributed by atoms with E-state index >= 15 is 0 Å². The fraction of sp³-hybridized carbons (Fsp3) is 0.300. The van der Waals surface area contributed by atoms with Crippen LogP contribution in [0.1, 0.15) is 25.8 Å². The van der Waals surface area contributed by atoms with Gasteiger partial charge in [0.05, 0.1) is 6.61 Å². The average Bonchev–Trinajstić information content (AvgIpc) is 2.60.